The van der Waals surface area contributed by atoms with Crippen molar-refractivity contribution in [3.8, 4) is 0 Å². The molecule has 8 N–H and O–H groups in total. The molecule has 0 aromatic carbocycles. The van der Waals surface area contributed by atoms with E-state index in [0.29, 0.717) is 6.42 Å². The maximum absolute atomic E-state index is 12.8. The normalized spacial score (nSPS) is 16.9. The molecule has 12 heteroatoms. The zero-order valence-corrected chi connectivity index (χ0v) is 17.5. The van der Waals surface area contributed by atoms with Crippen molar-refractivity contribution in [1.82, 2.24) is 16.0 Å². The highest BCUT2D eigenvalue weighted by atomic mass is 16.4. The van der Waals surface area contributed by atoms with Crippen LogP contribution in [0.15, 0.2) is 0 Å². The van der Waals surface area contributed by atoms with Gasteiger partial charge in [-0.1, -0.05) is 20.3 Å². The molecule has 0 aromatic heterocycles. The van der Waals surface area contributed by atoms with Crippen molar-refractivity contribution in [3.05, 3.63) is 0 Å². The first-order chi connectivity index (χ1) is 13.8. The zero-order chi connectivity index (χ0) is 23.6. The van der Waals surface area contributed by atoms with Crippen LogP contribution in [0.4, 0.5) is 0 Å². The molecule has 0 spiro atoms. The van der Waals surface area contributed by atoms with Crippen molar-refractivity contribution in [2.75, 3.05) is 0 Å². The molecular formula is C18H32N4O8. The molecular weight excluding hydrogens is 400 g/mol. The molecule has 0 fully saturated rings. The van der Waals surface area contributed by atoms with Crippen LogP contribution in [0.2, 0.25) is 0 Å². The van der Waals surface area contributed by atoms with Crippen molar-refractivity contribution in [3.63, 3.8) is 0 Å². The van der Waals surface area contributed by atoms with Crippen LogP contribution in [0.25, 0.3) is 0 Å². The van der Waals surface area contributed by atoms with Gasteiger partial charge in [0, 0.05) is 6.42 Å². The molecule has 0 heterocycles. The second kappa shape index (κ2) is 12.8. The number of carboxylic acid groups (broad SMARTS) is 2. The molecule has 172 valence electrons. The Kier molecular flexibility index (Phi) is 11.6. The van der Waals surface area contributed by atoms with Gasteiger partial charge in [-0.2, -0.15) is 0 Å². The molecule has 0 aliphatic heterocycles. The van der Waals surface area contributed by atoms with Crippen LogP contribution in [0.3, 0.4) is 0 Å². The van der Waals surface area contributed by atoms with Gasteiger partial charge >= 0.3 is 11.9 Å². The van der Waals surface area contributed by atoms with E-state index in [9.17, 15) is 29.1 Å². The summed E-state index contributed by atoms with van der Waals surface area (Å²) >= 11 is 0. The largest absolute Gasteiger partial charge is 0.481 e. The van der Waals surface area contributed by atoms with Gasteiger partial charge in [0.2, 0.25) is 17.7 Å². The van der Waals surface area contributed by atoms with Crippen molar-refractivity contribution in [2.24, 2.45) is 11.7 Å². The second-order valence-electron chi connectivity index (χ2n) is 7.22. The Bertz CT molecular complexity index is 638. The number of hydrogen-bond acceptors (Lipinski definition) is 7. The maximum atomic E-state index is 12.8. The summed E-state index contributed by atoms with van der Waals surface area (Å²) in [6.07, 6.45) is -1.73. The molecule has 6 unspecified atom stereocenters. The van der Waals surface area contributed by atoms with Gasteiger partial charge < -0.3 is 37.0 Å². The highest BCUT2D eigenvalue weighted by Crippen LogP contribution is 2.10. The minimum absolute atomic E-state index is 0.326. The van der Waals surface area contributed by atoms with Crippen LogP contribution in [0, 0.1) is 5.92 Å². The smallest absolute Gasteiger partial charge is 0.328 e. The van der Waals surface area contributed by atoms with Crippen molar-refractivity contribution in [2.45, 2.75) is 77.2 Å². The maximum Gasteiger partial charge on any atom is 0.328 e. The Morgan fingerprint density at radius 3 is 1.80 bits per heavy atom. The van der Waals surface area contributed by atoms with Crippen molar-refractivity contribution < 1.29 is 39.3 Å². The molecule has 0 radical (unpaired) electrons. The number of nitrogens with two attached hydrogens (primary N) is 1. The first-order valence-corrected chi connectivity index (χ1v) is 9.61. The fraction of sp³-hybridized carbons (Fsp3) is 0.722. The molecule has 0 bridgehead atoms. The van der Waals surface area contributed by atoms with Gasteiger partial charge in [-0.25, -0.2) is 4.79 Å². The standard InChI is InChI=1S/C18H32N4O8/c1-5-8(2)13(21-15(26)9(3)19)17(28)20-11(6-7-12(24)25)16(27)22-14(10(4)23)18(29)30/h8-11,13-14,23H,5-7,19H2,1-4H3,(H,20,28)(H,21,26)(H,22,27)(H,24,25)(H,29,30). The number of hydrogen-bond donors (Lipinski definition) is 7. The average molecular weight is 432 g/mol. The Morgan fingerprint density at radius 2 is 1.40 bits per heavy atom. The number of amides is 3. The summed E-state index contributed by atoms with van der Waals surface area (Å²) < 4.78 is 0. The van der Waals surface area contributed by atoms with Gasteiger partial charge in [-0.05, 0) is 26.2 Å². The SMILES string of the molecule is CCC(C)C(NC(=O)C(C)N)C(=O)NC(CCC(=O)O)C(=O)NC(C(=O)O)C(C)O. The van der Waals surface area contributed by atoms with Gasteiger partial charge in [0.25, 0.3) is 0 Å². The van der Waals surface area contributed by atoms with E-state index in [-0.39, 0.29) is 12.3 Å². The lowest BCUT2D eigenvalue weighted by molar-refractivity contribution is -0.145. The summed E-state index contributed by atoms with van der Waals surface area (Å²) in [6.45, 7) is 6.09. The van der Waals surface area contributed by atoms with Crippen LogP contribution in [0.5, 0.6) is 0 Å². The van der Waals surface area contributed by atoms with Crippen LogP contribution in [0.1, 0.15) is 47.0 Å². The third-order valence-corrected chi connectivity index (χ3v) is 4.53. The molecule has 0 aromatic rings. The van der Waals surface area contributed by atoms with Gasteiger partial charge in [0.1, 0.15) is 12.1 Å². The summed E-state index contributed by atoms with van der Waals surface area (Å²) in [6, 6.07) is -4.96. The third-order valence-electron chi connectivity index (χ3n) is 4.53. The fourth-order valence-electron chi connectivity index (χ4n) is 2.43. The predicted octanol–water partition coefficient (Wildman–Crippen LogP) is -1.84. The first kappa shape index (κ1) is 27.3. The summed E-state index contributed by atoms with van der Waals surface area (Å²) in [5, 5.41) is 34.5. The van der Waals surface area contributed by atoms with Crippen molar-refractivity contribution in [1.29, 1.82) is 0 Å². The number of nitrogens with one attached hydrogen (secondary N) is 3. The number of rotatable bonds is 13. The topological polar surface area (TPSA) is 208 Å². The minimum atomic E-state index is -1.65. The zero-order valence-electron chi connectivity index (χ0n) is 17.5. The van der Waals surface area contributed by atoms with E-state index in [0.717, 1.165) is 6.92 Å². The summed E-state index contributed by atoms with van der Waals surface area (Å²) in [5.74, 6) is -5.35. The lowest BCUT2D eigenvalue weighted by Crippen LogP contribution is -2.59. The highest BCUT2D eigenvalue weighted by molar-refractivity contribution is 5.94. The van der Waals surface area contributed by atoms with Gasteiger partial charge in [-0.15, -0.1) is 0 Å². The summed E-state index contributed by atoms with van der Waals surface area (Å²) in [5.41, 5.74) is 5.52. The quantitative estimate of drug-likeness (QED) is 0.174. The van der Waals surface area contributed by atoms with Crippen LogP contribution in [-0.2, 0) is 24.0 Å². The summed E-state index contributed by atoms with van der Waals surface area (Å²) in [4.78, 5) is 59.3. The van der Waals surface area contributed by atoms with E-state index in [1.54, 1.807) is 13.8 Å². The minimum Gasteiger partial charge on any atom is -0.481 e. The predicted molar refractivity (Wildman–Crippen MR) is 105 cm³/mol. The number of carbonyl (C=O) groups excluding carboxylic acids is 3. The molecule has 6 atom stereocenters. The molecule has 0 saturated heterocycles. The number of carbonyl (C=O) groups is 5. The van der Waals surface area contributed by atoms with E-state index < -0.39 is 66.4 Å². The average Bonchev–Trinajstić information content (AvgIpc) is 2.65. The van der Waals surface area contributed by atoms with E-state index in [2.05, 4.69) is 16.0 Å². The monoisotopic (exact) mass is 432 g/mol. The van der Waals surface area contributed by atoms with Crippen LogP contribution >= 0.6 is 0 Å². The third kappa shape index (κ3) is 9.18. The van der Waals surface area contributed by atoms with E-state index >= 15 is 0 Å². The molecule has 0 aliphatic rings. The Hall–Kier alpha value is -2.73. The lowest BCUT2D eigenvalue weighted by atomic mass is 9.97. The van der Waals surface area contributed by atoms with Gasteiger partial charge in [0.05, 0.1) is 12.1 Å². The van der Waals surface area contributed by atoms with Crippen LogP contribution < -0.4 is 21.7 Å². The molecule has 30 heavy (non-hydrogen) atoms. The summed E-state index contributed by atoms with van der Waals surface area (Å²) in [7, 11) is 0. The van der Waals surface area contributed by atoms with Gasteiger partial charge in [0.15, 0.2) is 6.04 Å². The Labute approximate surface area is 174 Å². The number of aliphatic carboxylic acids is 2. The Morgan fingerprint density at radius 1 is 0.867 bits per heavy atom. The molecule has 0 rings (SSSR count). The van der Waals surface area contributed by atoms with E-state index in [4.69, 9.17) is 15.9 Å². The highest BCUT2D eigenvalue weighted by Gasteiger charge is 2.33. The molecule has 3 amide bonds. The Balaban J connectivity index is 5.55. The second-order valence-corrected chi connectivity index (χ2v) is 7.22. The lowest BCUT2D eigenvalue weighted by Gasteiger charge is -2.27. The van der Waals surface area contributed by atoms with E-state index in [1.165, 1.54) is 6.92 Å². The van der Waals surface area contributed by atoms with Crippen molar-refractivity contribution >= 4 is 29.7 Å². The van der Waals surface area contributed by atoms with Gasteiger partial charge in [-0.3, -0.25) is 19.2 Å². The number of aliphatic hydroxyl groups excluding tert-OH is 1. The van der Waals surface area contributed by atoms with Crippen LogP contribution in [-0.4, -0.2) is 75.3 Å². The molecule has 0 aliphatic carbocycles. The first-order valence-electron chi connectivity index (χ1n) is 9.61. The fourth-order valence-corrected chi connectivity index (χ4v) is 2.43. The van der Waals surface area contributed by atoms with E-state index in [1.807, 2.05) is 0 Å². The number of aliphatic hydroxyl groups is 1. The molecule has 12 nitrogen and oxygen atoms in total. The number of carboxylic acids is 2. The molecule has 0 saturated carbocycles.